The van der Waals surface area contributed by atoms with E-state index in [1.165, 1.54) is 79.2 Å². The highest BCUT2D eigenvalue weighted by molar-refractivity contribution is 8.03. The van der Waals surface area contributed by atoms with Gasteiger partial charge in [-0.3, -0.25) is 0 Å². The van der Waals surface area contributed by atoms with E-state index < -0.39 is 0 Å². The Balaban J connectivity index is 1.24. The Hall–Kier alpha value is -4.15. The zero-order valence-corrected chi connectivity index (χ0v) is 24.5. The standard InChI is InChI=1S/C38H30BNOS/c1-38(25-12-3-2-4-13-25)27-14-5-6-16-29(27)39-30-23-22-26(24-34(30)41-33-19-11-15-28(38)37(33)39)40-31-17-7-9-20-35(31)42-36-21-10-8-18-32(36)40/h2-7,9,11-17,19-20,22-24H,8,10,18,21H2,1H3. The van der Waals surface area contributed by atoms with E-state index in [1.807, 2.05) is 11.8 Å². The van der Waals surface area contributed by atoms with E-state index in [0.29, 0.717) is 0 Å². The number of hydrogen-bond acceptors (Lipinski definition) is 3. The van der Waals surface area contributed by atoms with E-state index in [9.17, 15) is 0 Å². The van der Waals surface area contributed by atoms with Crippen LogP contribution < -0.4 is 26.0 Å². The van der Waals surface area contributed by atoms with Gasteiger partial charge in [0.1, 0.15) is 11.5 Å². The molecule has 4 aliphatic rings. The van der Waals surface area contributed by atoms with Crippen LogP contribution in [0.25, 0.3) is 0 Å². The molecule has 1 aliphatic carbocycles. The van der Waals surface area contributed by atoms with Crippen molar-refractivity contribution >= 4 is 46.2 Å². The lowest BCUT2D eigenvalue weighted by Gasteiger charge is -2.44. The second kappa shape index (κ2) is 9.18. The van der Waals surface area contributed by atoms with Crippen LogP contribution in [0.1, 0.15) is 49.3 Å². The summed E-state index contributed by atoms with van der Waals surface area (Å²) in [4.78, 5) is 5.38. The smallest absolute Gasteiger partial charge is 0.251 e. The van der Waals surface area contributed by atoms with E-state index in [2.05, 4.69) is 127 Å². The molecule has 0 saturated heterocycles. The first-order valence-electron chi connectivity index (χ1n) is 15.1. The summed E-state index contributed by atoms with van der Waals surface area (Å²) in [6.07, 6.45) is 4.81. The van der Waals surface area contributed by atoms with E-state index in [4.69, 9.17) is 4.74 Å². The first-order valence-corrected chi connectivity index (χ1v) is 15.9. The molecule has 3 heterocycles. The van der Waals surface area contributed by atoms with Gasteiger partial charge >= 0.3 is 0 Å². The van der Waals surface area contributed by atoms with Gasteiger partial charge in [-0.05, 0) is 84.5 Å². The number of thioether (sulfide) groups is 1. The van der Waals surface area contributed by atoms with Gasteiger partial charge in [-0.25, -0.2) is 0 Å². The van der Waals surface area contributed by atoms with Crippen molar-refractivity contribution < 1.29 is 4.74 Å². The number of rotatable bonds is 2. The molecule has 0 spiro atoms. The minimum Gasteiger partial charge on any atom is -0.458 e. The molecule has 202 valence electrons. The predicted molar refractivity (Wildman–Crippen MR) is 176 cm³/mol. The Labute approximate surface area is 252 Å². The Morgan fingerprint density at radius 1 is 0.714 bits per heavy atom. The molecule has 3 aliphatic heterocycles. The van der Waals surface area contributed by atoms with Crippen molar-refractivity contribution in [1.29, 1.82) is 0 Å². The molecule has 0 amide bonds. The molecule has 0 saturated carbocycles. The number of allylic oxidation sites excluding steroid dienone is 2. The molecule has 2 nitrogen and oxygen atoms in total. The van der Waals surface area contributed by atoms with Crippen molar-refractivity contribution in [1.82, 2.24) is 0 Å². The molecule has 5 aromatic carbocycles. The third-order valence-electron chi connectivity index (χ3n) is 9.84. The number of hydrogen-bond donors (Lipinski definition) is 0. The molecule has 42 heavy (non-hydrogen) atoms. The summed E-state index contributed by atoms with van der Waals surface area (Å²) in [6, 6.07) is 42.5. The number of fused-ring (bicyclic) bond motifs is 5. The molecule has 0 radical (unpaired) electrons. The zero-order chi connectivity index (χ0) is 27.8. The van der Waals surface area contributed by atoms with Crippen LogP contribution in [0.4, 0.5) is 11.4 Å². The average molecular weight is 560 g/mol. The SMILES string of the molecule is CC1(c2ccccc2)c2ccccc2B2c3ccc(N4C5=C(CCCC5)Sc5ccccc54)cc3Oc3cccc1c32. The van der Waals surface area contributed by atoms with Crippen molar-refractivity contribution in [3.05, 3.63) is 143 Å². The van der Waals surface area contributed by atoms with E-state index >= 15 is 0 Å². The molecule has 0 aromatic heterocycles. The third-order valence-corrected chi connectivity index (χ3v) is 11.1. The van der Waals surface area contributed by atoms with Gasteiger partial charge < -0.3 is 9.64 Å². The molecule has 9 rings (SSSR count). The minimum absolute atomic E-state index is 0.135. The van der Waals surface area contributed by atoms with Crippen molar-refractivity contribution in [2.75, 3.05) is 4.90 Å². The van der Waals surface area contributed by atoms with Crippen LogP contribution in [0.2, 0.25) is 0 Å². The number of para-hydroxylation sites is 1. The number of anilines is 2. The van der Waals surface area contributed by atoms with Crippen LogP contribution in [-0.2, 0) is 5.41 Å². The van der Waals surface area contributed by atoms with Crippen LogP contribution in [0.3, 0.4) is 0 Å². The predicted octanol–water partition coefficient (Wildman–Crippen LogP) is 8.01. The van der Waals surface area contributed by atoms with Gasteiger partial charge in [0.05, 0.1) is 5.69 Å². The molecule has 1 unspecified atom stereocenters. The highest BCUT2D eigenvalue weighted by Crippen LogP contribution is 2.51. The van der Waals surface area contributed by atoms with E-state index in [1.54, 1.807) is 0 Å². The lowest BCUT2D eigenvalue weighted by Crippen LogP contribution is -2.63. The Morgan fingerprint density at radius 2 is 1.50 bits per heavy atom. The van der Waals surface area contributed by atoms with Crippen LogP contribution in [0.5, 0.6) is 11.5 Å². The van der Waals surface area contributed by atoms with Gasteiger partial charge in [-0.15, -0.1) is 0 Å². The second-order valence-corrected chi connectivity index (χ2v) is 13.2. The Bertz CT molecular complexity index is 1930. The maximum absolute atomic E-state index is 6.88. The topological polar surface area (TPSA) is 12.5 Å². The average Bonchev–Trinajstić information content (AvgIpc) is 3.05. The summed E-state index contributed by atoms with van der Waals surface area (Å²) in [5.74, 6) is 1.94. The summed E-state index contributed by atoms with van der Waals surface area (Å²) < 4.78 is 6.88. The molecule has 1 atom stereocenters. The van der Waals surface area contributed by atoms with Crippen LogP contribution in [0, 0.1) is 0 Å². The third kappa shape index (κ3) is 3.36. The lowest BCUT2D eigenvalue weighted by atomic mass is 9.30. The maximum Gasteiger partial charge on any atom is 0.251 e. The van der Waals surface area contributed by atoms with Crippen LogP contribution >= 0.6 is 11.8 Å². The Kier molecular flexibility index (Phi) is 5.34. The van der Waals surface area contributed by atoms with Gasteiger partial charge in [0.2, 0.25) is 0 Å². The molecule has 5 aromatic rings. The molecule has 0 N–H and O–H groups in total. The molecular formula is C38H30BNOS. The van der Waals surface area contributed by atoms with Crippen molar-refractivity contribution in [3.63, 3.8) is 0 Å². The minimum atomic E-state index is -0.264. The van der Waals surface area contributed by atoms with Gasteiger partial charge in [0.25, 0.3) is 6.71 Å². The van der Waals surface area contributed by atoms with Crippen molar-refractivity contribution in [2.24, 2.45) is 0 Å². The Morgan fingerprint density at radius 3 is 2.43 bits per heavy atom. The highest BCUT2D eigenvalue weighted by atomic mass is 32.2. The normalized spacial score (nSPS) is 19.6. The summed E-state index contributed by atoms with van der Waals surface area (Å²) in [5.41, 5.74) is 11.6. The maximum atomic E-state index is 6.88. The molecule has 0 bridgehead atoms. The second-order valence-electron chi connectivity index (χ2n) is 12.0. The fraction of sp³-hybridized carbons (Fsp3) is 0.158. The quantitative estimate of drug-likeness (QED) is 0.200. The lowest BCUT2D eigenvalue weighted by molar-refractivity contribution is 0.485. The summed E-state index contributed by atoms with van der Waals surface area (Å²) in [6.45, 7) is 2.52. The van der Waals surface area contributed by atoms with E-state index in [-0.39, 0.29) is 12.1 Å². The summed E-state index contributed by atoms with van der Waals surface area (Å²) in [5, 5.41) is 0. The van der Waals surface area contributed by atoms with Crippen LogP contribution in [0.15, 0.2) is 131 Å². The number of benzene rings is 5. The van der Waals surface area contributed by atoms with Gasteiger partial charge in [-0.2, -0.15) is 0 Å². The molecule has 4 heteroatoms. The zero-order valence-electron chi connectivity index (χ0n) is 23.6. The van der Waals surface area contributed by atoms with Gasteiger partial charge in [-0.1, -0.05) is 102 Å². The molecule has 0 fully saturated rings. The van der Waals surface area contributed by atoms with Gasteiger partial charge in [0, 0.05) is 32.7 Å². The largest absolute Gasteiger partial charge is 0.458 e. The summed E-state index contributed by atoms with van der Waals surface area (Å²) in [7, 11) is 0. The first-order chi connectivity index (χ1) is 20.7. The molecular weight excluding hydrogens is 529 g/mol. The monoisotopic (exact) mass is 559 g/mol. The van der Waals surface area contributed by atoms with Gasteiger partial charge in [0.15, 0.2) is 0 Å². The first kappa shape index (κ1) is 24.5. The fourth-order valence-corrected chi connectivity index (χ4v) is 9.13. The van der Waals surface area contributed by atoms with Crippen molar-refractivity contribution in [3.8, 4) is 11.5 Å². The summed E-state index contributed by atoms with van der Waals surface area (Å²) >= 11 is 1.97. The van der Waals surface area contributed by atoms with Crippen LogP contribution in [-0.4, -0.2) is 6.71 Å². The number of ether oxygens (including phenoxy) is 1. The van der Waals surface area contributed by atoms with Crippen molar-refractivity contribution in [2.45, 2.75) is 42.9 Å². The highest BCUT2D eigenvalue weighted by Gasteiger charge is 2.47. The van der Waals surface area contributed by atoms with E-state index in [0.717, 1.165) is 17.9 Å². The fourth-order valence-electron chi connectivity index (χ4n) is 7.89. The number of nitrogens with zero attached hydrogens (tertiary/aromatic N) is 1.